The average molecular weight is 298 g/mol. The molecule has 0 heterocycles. The van der Waals surface area contributed by atoms with Crippen molar-refractivity contribution in [3.8, 4) is 0 Å². The summed E-state index contributed by atoms with van der Waals surface area (Å²) in [7, 11) is 0. The third-order valence-electron chi connectivity index (χ3n) is 3.46. The molecule has 0 aliphatic carbocycles. The van der Waals surface area contributed by atoms with Crippen molar-refractivity contribution >= 4 is 17.3 Å². The summed E-state index contributed by atoms with van der Waals surface area (Å²) in [5.41, 5.74) is 15.0. The van der Waals surface area contributed by atoms with Crippen LogP contribution in [0.1, 0.15) is 24.0 Å². The fourth-order valence-electron chi connectivity index (χ4n) is 2.16. The second-order valence-corrected chi connectivity index (χ2v) is 5.31. The van der Waals surface area contributed by atoms with Crippen LogP contribution in [0.5, 0.6) is 0 Å². The van der Waals surface area contributed by atoms with Gasteiger partial charge in [-0.1, -0.05) is 24.3 Å². The second-order valence-electron chi connectivity index (χ2n) is 5.31. The molecule has 4 N–H and O–H groups in total. The first kappa shape index (κ1) is 15.9. The van der Waals surface area contributed by atoms with Crippen LogP contribution in [0.25, 0.3) is 0 Å². The zero-order valence-corrected chi connectivity index (χ0v) is 12.6. The van der Waals surface area contributed by atoms with Crippen LogP contribution in [0, 0.1) is 0 Å². The van der Waals surface area contributed by atoms with Gasteiger partial charge in [0, 0.05) is 24.2 Å². The van der Waals surface area contributed by atoms with Crippen molar-refractivity contribution in [2.75, 3.05) is 18.1 Å². The van der Waals surface area contributed by atoms with Gasteiger partial charge >= 0.3 is 5.97 Å². The van der Waals surface area contributed by atoms with Gasteiger partial charge in [-0.15, -0.1) is 0 Å². The van der Waals surface area contributed by atoms with Gasteiger partial charge in [-0.05, 0) is 48.2 Å². The summed E-state index contributed by atoms with van der Waals surface area (Å²) in [6, 6.07) is 15.3. The smallest absolute Gasteiger partial charge is 0.305 e. The molecule has 2 rings (SSSR count). The predicted molar refractivity (Wildman–Crippen MR) is 89.3 cm³/mol. The topological polar surface area (TPSA) is 78.3 Å². The fourth-order valence-corrected chi connectivity index (χ4v) is 2.16. The van der Waals surface area contributed by atoms with Gasteiger partial charge in [0.25, 0.3) is 0 Å². The number of esters is 1. The van der Waals surface area contributed by atoms with Crippen LogP contribution in [0.2, 0.25) is 0 Å². The lowest BCUT2D eigenvalue weighted by Crippen LogP contribution is -2.08. The van der Waals surface area contributed by atoms with E-state index in [1.54, 1.807) is 0 Å². The van der Waals surface area contributed by atoms with Crippen LogP contribution in [-0.2, 0) is 22.4 Å². The number of hydrogen-bond acceptors (Lipinski definition) is 4. The molecule has 0 atom stereocenters. The highest BCUT2D eigenvalue weighted by molar-refractivity contribution is 5.69. The standard InChI is InChI=1S/C18H22N2O2/c19-16-8-4-14(5-9-16)2-1-3-18(21)22-13-12-15-6-10-17(20)11-7-15/h4-11H,1-3,12-13,19-20H2. The first-order chi connectivity index (χ1) is 10.6. The van der Waals surface area contributed by atoms with E-state index in [1.165, 1.54) is 5.56 Å². The fraction of sp³-hybridized carbons (Fsp3) is 0.278. The summed E-state index contributed by atoms with van der Waals surface area (Å²) in [4.78, 5) is 11.7. The Bertz CT molecular complexity index is 538. The highest BCUT2D eigenvalue weighted by atomic mass is 16.5. The van der Waals surface area contributed by atoms with Crippen molar-refractivity contribution in [3.05, 3.63) is 59.7 Å². The van der Waals surface area contributed by atoms with Gasteiger partial charge in [-0.3, -0.25) is 4.79 Å². The molecule has 0 unspecified atom stereocenters. The minimum atomic E-state index is -0.147. The third-order valence-corrected chi connectivity index (χ3v) is 3.46. The molecular formula is C18H22N2O2. The first-order valence-corrected chi connectivity index (χ1v) is 7.48. The number of hydrogen-bond donors (Lipinski definition) is 2. The van der Waals surface area contributed by atoms with Crippen LogP contribution in [0.4, 0.5) is 11.4 Å². The van der Waals surface area contributed by atoms with Gasteiger partial charge in [-0.25, -0.2) is 0 Å². The van der Waals surface area contributed by atoms with E-state index in [-0.39, 0.29) is 5.97 Å². The first-order valence-electron chi connectivity index (χ1n) is 7.48. The summed E-state index contributed by atoms with van der Waals surface area (Å²) in [5.74, 6) is -0.147. The van der Waals surface area contributed by atoms with Crippen molar-refractivity contribution < 1.29 is 9.53 Å². The zero-order chi connectivity index (χ0) is 15.8. The molecule has 4 heteroatoms. The Kier molecular flexibility index (Phi) is 5.83. The normalized spacial score (nSPS) is 10.4. The van der Waals surface area contributed by atoms with Crippen molar-refractivity contribution in [1.82, 2.24) is 0 Å². The predicted octanol–water partition coefficient (Wildman–Crippen LogP) is 2.96. The van der Waals surface area contributed by atoms with Crippen LogP contribution < -0.4 is 11.5 Å². The maximum absolute atomic E-state index is 11.7. The Morgan fingerprint density at radius 3 is 1.86 bits per heavy atom. The maximum Gasteiger partial charge on any atom is 0.305 e. The lowest BCUT2D eigenvalue weighted by atomic mass is 10.1. The van der Waals surface area contributed by atoms with E-state index in [0.29, 0.717) is 19.4 Å². The molecule has 0 fully saturated rings. The van der Waals surface area contributed by atoms with Crippen molar-refractivity contribution in [2.24, 2.45) is 0 Å². The molecule has 0 aliphatic rings. The Hall–Kier alpha value is -2.49. The Balaban J connectivity index is 1.61. The Morgan fingerprint density at radius 2 is 1.32 bits per heavy atom. The zero-order valence-electron chi connectivity index (χ0n) is 12.6. The minimum Gasteiger partial charge on any atom is -0.465 e. The number of nitrogens with two attached hydrogens (primary N) is 2. The van der Waals surface area contributed by atoms with Gasteiger partial charge < -0.3 is 16.2 Å². The van der Waals surface area contributed by atoms with Crippen LogP contribution in [-0.4, -0.2) is 12.6 Å². The van der Waals surface area contributed by atoms with Gasteiger partial charge in [0.1, 0.15) is 0 Å². The molecule has 4 nitrogen and oxygen atoms in total. The highest BCUT2D eigenvalue weighted by Gasteiger charge is 2.03. The Morgan fingerprint density at radius 1 is 0.818 bits per heavy atom. The van der Waals surface area contributed by atoms with E-state index in [4.69, 9.17) is 16.2 Å². The summed E-state index contributed by atoms with van der Waals surface area (Å²) < 4.78 is 5.24. The number of carbonyl (C=O) groups excluding carboxylic acids is 1. The van der Waals surface area contributed by atoms with E-state index in [0.717, 1.165) is 29.8 Å². The number of anilines is 2. The SMILES string of the molecule is Nc1ccc(CCCC(=O)OCCc2ccc(N)cc2)cc1. The van der Waals surface area contributed by atoms with Gasteiger partial charge in [0.2, 0.25) is 0 Å². The second kappa shape index (κ2) is 8.08. The summed E-state index contributed by atoms with van der Waals surface area (Å²) in [6.07, 6.45) is 2.79. The number of carbonyl (C=O) groups is 1. The van der Waals surface area contributed by atoms with Crippen LogP contribution in [0.15, 0.2) is 48.5 Å². The van der Waals surface area contributed by atoms with Gasteiger partial charge in [0.05, 0.1) is 6.61 Å². The average Bonchev–Trinajstić information content (AvgIpc) is 2.51. The molecule has 0 bridgehead atoms. The monoisotopic (exact) mass is 298 g/mol. The summed E-state index contributed by atoms with van der Waals surface area (Å²) >= 11 is 0. The van der Waals surface area contributed by atoms with Crippen LogP contribution in [0.3, 0.4) is 0 Å². The maximum atomic E-state index is 11.7. The summed E-state index contributed by atoms with van der Waals surface area (Å²) in [6.45, 7) is 0.407. The molecular weight excluding hydrogens is 276 g/mol. The highest BCUT2D eigenvalue weighted by Crippen LogP contribution is 2.10. The molecule has 0 aliphatic heterocycles. The molecule has 0 saturated carbocycles. The van der Waals surface area contributed by atoms with E-state index >= 15 is 0 Å². The number of aryl methyl sites for hydroxylation is 1. The summed E-state index contributed by atoms with van der Waals surface area (Å²) in [5, 5.41) is 0. The molecule has 116 valence electrons. The number of rotatable bonds is 7. The quantitative estimate of drug-likeness (QED) is 0.608. The largest absolute Gasteiger partial charge is 0.465 e. The van der Waals surface area contributed by atoms with Crippen molar-refractivity contribution in [3.63, 3.8) is 0 Å². The number of ether oxygens (including phenoxy) is 1. The molecule has 2 aromatic rings. The lowest BCUT2D eigenvalue weighted by Gasteiger charge is -2.06. The molecule has 0 aromatic heterocycles. The molecule has 22 heavy (non-hydrogen) atoms. The van der Waals surface area contributed by atoms with E-state index in [2.05, 4.69) is 0 Å². The molecule has 0 saturated heterocycles. The molecule has 0 radical (unpaired) electrons. The molecule has 2 aromatic carbocycles. The van der Waals surface area contributed by atoms with E-state index < -0.39 is 0 Å². The molecule has 0 spiro atoms. The lowest BCUT2D eigenvalue weighted by molar-refractivity contribution is -0.143. The Labute approximate surface area is 131 Å². The van der Waals surface area contributed by atoms with Crippen LogP contribution >= 0.6 is 0 Å². The van der Waals surface area contributed by atoms with Crippen molar-refractivity contribution in [1.29, 1.82) is 0 Å². The van der Waals surface area contributed by atoms with E-state index in [9.17, 15) is 4.79 Å². The third kappa shape index (κ3) is 5.48. The number of nitrogen functional groups attached to an aromatic ring is 2. The molecule has 0 amide bonds. The van der Waals surface area contributed by atoms with E-state index in [1.807, 2.05) is 48.5 Å². The number of benzene rings is 2. The van der Waals surface area contributed by atoms with Gasteiger partial charge in [0.15, 0.2) is 0 Å². The minimum absolute atomic E-state index is 0.147. The van der Waals surface area contributed by atoms with Crippen molar-refractivity contribution in [2.45, 2.75) is 25.7 Å². The van der Waals surface area contributed by atoms with Gasteiger partial charge in [-0.2, -0.15) is 0 Å².